The summed E-state index contributed by atoms with van der Waals surface area (Å²) in [7, 11) is -4.63. The fourth-order valence-corrected chi connectivity index (χ4v) is 2.43. The molecule has 1 N–H and O–H groups in total. The van der Waals surface area contributed by atoms with Gasteiger partial charge in [-0.1, -0.05) is 30.3 Å². The van der Waals surface area contributed by atoms with Crippen LogP contribution in [0.2, 0.25) is 0 Å². The van der Waals surface area contributed by atoms with Crippen molar-refractivity contribution in [1.82, 2.24) is 0 Å². The van der Waals surface area contributed by atoms with E-state index in [4.69, 9.17) is 8.97 Å². The molecule has 0 spiro atoms. The van der Waals surface area contributed by atoms with E-state index < -0.39 is 16.0 Å². The van der Waals surface area contributed by atoms with Crippen LogP contribution in [0.1, 0.15) is 0 Å². The van der Waals surface area contributed by atoms with Crippen LogP contribution in [0.5, 0.6) is 5.75 Å². The lowest BCUT2D eigenvalue weighted by atomic mass is 10.1. The average molecular weight is 318 g/mol. The molecule has 0 radical (unpaired) electrons. The van der Waals surface area contributed by atoms with E-state index in [-0.39, 0.29) is 11.3 Å². The van der Waals surface area contributed by atoms with E-state index in [1.54, 1.807) is 18.2 Å². The normalized spacial score (nSPS) is 11.5. The highest BCUT2D eigenvalue weighted by Gasteiger charge is 2.11. The zero-order valence-corrected chi connectivity index (χ0v) is 11.9. The standard InChI is InChI=1S/C15H10O6S/c16-15-13(10-4-2-1-3-5-10)8-11-6-7-12(9-14(11)20-15)21-22(17,18)19/h1-9H,(H,17,18,19). The smallest absolute Gasteiger partial charge is 0.422 e. The van der Waals surface area contributed by atoms with E-state index in [9.17, 15) is 13.2 Å². The first-order valence-electron chi connectivity index (χ1n) is 6.23. The summed E-state index contributed by atoms with van der Waals surface area (Å²) in [6, 6.07) is 14.8. The van der Waals surface area contributed by atoms with Crippen LogP contribution in [0.3, 0.4) is 0 Å². The Kier molecular flexibility index (Phi) is 3.44. The molecule has 0 bridgehead atoms. The van der Waals surface area contributed by atoms with Crippen molar-refractivity contribution in [3.8, 4) is 16.9 Å². The van der Waals surface area contributed by atoms with Gasteiger partial charge in [0.15, 0.2) is 0 Å². The molecule has 0 unspecified atom stereocenters. The van der Waals surface area contributed by atoms with Crippen LogP contribution in [0, 0.1) is 0 Å². The van der Waals surface area contributed by atoms with E-state index in [1.165, 1.54) is 18.2 Å². The number of fused-ring (bicyclic) bond motifs is 1. The predicted octanol–water partition coefficient (Wildman–Crippen LogP) is 2.64. The van der Waals surface area contributed by atoms with E-state index in [0.29, 0.717) is 10.9 Å². The van der Waals surface area contributed by atoms with Crippen molar-refractivity contribution in [2.24, 2.45) is 0 Å². The van der Waals surface area contributed by atoms with Crippen molar-refractivity contribution in [3.05, 3.63) is 65.0 Å². The highest BCUT2D eigenvalue weighted by Crippen LogP contribution is 2.24. The monoisotopic (exact) mass is 318 g/mol. The van der Waals surface area contributed by atoms with Gasteiger partial charge >= 0.3 is 16.0 Å². The molecule has 3 aromatic rings. The van der Waals surface area contributed by atoms with Gasteiger partial charge in [-0.2, -0.15) is 8.42 Å². The van der Waals surface area contributed by atoms with Crippen LogP contribution in [-0.4, -0.2) is 13.0 Å². The molecule has 1 heterocycles. The van der Waals surface area contributed by atoms with Gasteiger partial charge in [-0.3, -0.25) is 4.55 Å². The molecule has 0 fully saturated rings. The third kappa shape index (κ3) is 3.00. The highest BCUT2D eigenvalue weighted by atomic mass is 32.3. The quantitative estimate of drug-likeness (QED) is 0.589. The molecule has 112 valence electrons. The van der Waals surface area contributed by atoms with Gasteiger partial charge in [0.1, 0.15) is 11.3 Å². The molecule has 6 nitrogen and oxygen atoms in total. The lowest BCUT2D eigenvalue weighted by Crippen LogP contribution is -2.07. The Morgan fingerprint density at radius 1 is 1.00 bits per heavy atom. The first-order valence-corrected chi connectivity index (χ1v) is 7.59. The molecular weight excluding hydrogens is 308 g/mol. The summed E-state index contributed by atoms with van der Waals surface area (Å²) >= 11 is 0. The van der Waals surface area contributed by atoms with Crippen LogP contribution >= 0.6 is 0 Å². The van der Waals surface area contributed by atoms with Gasteiger partial charge in [0.2, 0.25) is 0 Å². The van der Waals surface area contributed by atoms with Crippen molar-refractivity contribution in [2.75, 3.05) is 0 Å². The first kappa shape index (κ1) is 14.3. The third-order valence-electron chi connectivity index (χ3n) is 2.99. The molecule has 0 aliphatic rings. The molecule has 7 heteroatoms. The van der Waals surface area contributed by atoms with Crippen LogP contribution in [0.25, 0.3) is 22.1 Å². The van der Waals surface area contributed by atoms with Gasteiger partial charge in [0.25, 0.3) is 0 Å². The van der Waals surface area contributed by atoms with Gasteiger partial charge in [-0.25, -0.2) is 4.79 Å². The molecule has 0 saturated heterocycles. The Morgan fingerprint density at radius 3 is 2.41 bits per heavy atom. The number of benzene rings is 2. The second-order valence-corrected chi connectivity index (χ2v) is 5.55. The predicted molar refractivity (Wildman–Crippen MR) is 80.1 cm³/mol. The first-order chi connectivity index (χ1) is 10.4. The summed E-state index contributed by atoms with van der Waals surface area (Å²) < 4.78 is 39.5. The van der Waals surface area contributed by atoms with Crippen LogP contribution in [-0.2, 0) is 10.4 Å². The Hall–Kier alpha value is -2.64. The van der Waals surface area contributed by atoms with Crippen LogP contribution in [0.4, 0.5) is 0 Å². The van der Waals surface area contributed by atoms with Crippen molar-refractivity contribution in [3.63, 3.8) is 0 Å². The fraction of sp³-hybridized carbons (Fsp3) is 0. The van der Waals surface area contributed by atoms with E-state index in [0.717, 1.165) is 5.56 Å². The molecule has 0 saturated carbocycles. The van der Waals surface area contributed by atoms with Gasteiger partial charge in [0.05, 0.1) is 5.56 Å². The number of hydrogen-bond donors (Lipinski definition) is 1. The molecule has 3 rings (SSSR count). The molecule has 0 aliphatic carbocycles. The van der Waals surface area contributed by atoms with E-state index >= 15 is 0 Å². The molecule has 0 atom stereocenters. The molecule has 22 heavy (non-hydrogen) atoms. The summed E-state index contributed by atoms with van der Waals surface area (Å²) in [5.74, 6) is -0.148. The second-order valence-electron chi connectivity index (χ2n) is 4.52. The molecule has 1 aromatic heterocycles. The third-order valence-corrected chi connectivity index (χ3v) is 3.40. The largest absolute Gasteiger partial charge is 0.446 e. The van der Waals surface area contributed by atoms with E-state index in [2.05, 4.69) is 4.18 Å². The minimum Gasteiger partial charge on any atom is -0.422 e. The summed E-state index contributed by atoms with van der Waals surface area (Å²) in [5.41, 5.74) is 0.724. The Morgan fingerprint density at radius 2 is 1.73 bits per heavy atom. The summed E-state index contributed by atoms with van der Waals surface area (Å²) in [5, 5.41) is 0.598. The molecule has 0 aliphatic heterocycles. The molecule has 0 amide bonds. The lowest BCUT2D eigenvalue weighted by molar-refractivity contribution is 0.386. The summed E-state index contributed by atoms with van der Waals surface area (Å²) in [6.07, 6.45) is 0. The van der Waals surface area contributed by atoms with Crippen LogP contribution in [0.15, 0.2) is 63.8 Å². The van der Waals surface area contributed by atoms with Gasteiger partial charge in [-0.15, -0.1) is 0 Å². The Balaban J connectivity index is 2.12. The topological polar surface area (TPSA) is 93.8 Å². The molecular formula is C15H10O6S. The minimum absolute atomic E-state index is 0.148. The number of rotatable bonds is 3. The molecule has 2 aromatic carbocycles. The van der Waals surface area contributed by atoms with Crippen molar-refractivity contribution in [1.29, 1.82) is 0 Å². The summed E-state index contributed by atoms with van der Waals surface area (Å²) in [4.78, 5) is 12.1. The SMILES string of the molecule is O=c1oc2cc(OS(=O)(=O)O)ccc2cc1-c1ccccc1. The number of hydrogen-bond acceptors (Lipinski definition) is 5. The Labute approximate surface area is 125 Å². The summed E-state index contributed by atoms with van der Waals surface area (Å²) in [6.45, 7) is 0. The van der Waals surface area contributed by atoms with Gasteiger partial charge in [-0.05, 0) is 23.8 Å². The average Bonchev–Trinajstić information content (AvgIpc) is 2.45. The van der Waals surface area contributed by atoms with Crippen molar-refractivity contribution in [2.45, 2.75) is 0 Å². The Bertz CT molecular complexity index is 989. The fourth-order valence-electron chi connectivity index (χ4n) is 2.08. The van der Waals surface area contributed by atoms with Crippen LogP contribution < -0.4 is 9.81 Å². The zero-order valence-electron chi connectivity index (χ0n) is 11.1. The van der Waals surface area contributed by atoms with Gasteiger partial charge in [0, 0.05) is 11.5 Å². The maximum Gasteiger partial charge on any atom is 0.446 e. The zero-order chi connectivity index (χ0) is 15.7. The second kappa shape index (κ2) is 5.28. The lowest BCUT2D eigenvalue weighted by Gasteiger charge is -2.05. The van der Waals surface area contributed by atoms with Crippen molar-refractivity contribution < 1.29 is 21.6 Å². The van der Waals surface area contributed by atoms with E-state index in [1.807, 2.05) is 18.2 Å². The van der Waals surface area contributed by atoms with Crippen molar-refractivity contribution >= 4 is 21.4 Å². The minimum atomic E-state index is -4.63. The maximum absolute atomic E-state index is 12.1. The highest BCUT2D eigenvalue weighted by molar-refractivity contribution is 7.81. The van der Waals surface area contributed by atoms with Gasteiger partial charge < -0.3 is 8.60 Å². The maximum atomic E-state index is 12.1.